The van der Waals surface area contributed by atoms with Crippen molar-refractivity contribution in [3.05, 3.63) is 95.8 Å². The molecule has 1 atom stereocenters. The molecule has 5 heteroatoms. The average molecular weight is 343 g/mol. The van der Waals surface area contributed by atoms with E-state index in [-0.39, 0.29) is 11.6 Å². The summed E-state index contributed by atoms with van der Waals surface area (Å²) >= 11 is 0. The number of nitrogens with one attached hydrogen (secondary N) is 1. The van der Waals surface area contributed by atoms with E-state index in [1.165, 1.54) is 6.20 Å². The molecule has 0 spiro atoms. The van der Waals surface area contributed by atoms with E-state index >= 15 is 0 Å². The number of fused-ring (bicyclic) bond motifs is 1. The molecular formula is C21H17N3O2. The van der Waals surface area contributed by atoms with E-state index in [1.54, 1.807) is 6.20 Å². The van der Waals surface area contributed by atoms with Crippen molar-refractivity contribution < 1.29 is 9.21 Å². The van der Waals surface area contributed by atoms with Crippen LogP contribution in [0.15, 0.2) is 77.5 Å². The first-order valence-corrected chi connectivity index (χ1v) is 8.33. The molecule has 26 heavy (non-hydrogen) atoms. The number of hydrogen-bond acceptors (Lipinski definition) is 4. The van der Waals surface area contributed by atoms with Crippen LogP contribution in [-0.2, 0) is 0 Å². The summed E-state index contributed by atoms with van der Waals surface area (Å²) in [6.45, 7) is 1.83. The molecule has 0 aliphatic rings. The van der Waals surface area contributed by atoms with Crippen LogP contribution in [-0.4, -0.2) is 15.9 Å². The van der Waals surface area contributed by atoms with E-state index in [9.17, 15) is 4.79 Å². The molecule has 2 heterocycles. The number of nitrogens with zero attached hydrogens (tertiary/aromatic N) is 2. The van der Waals surface area contributed by atoms with Crippen molar-refractivity contribution in [2.75, 3.05) is 0 Å². The van der Waals surface area contributed by atoms with Crippen molar-refractivity contribution in [2.45, 2.75) is 13.0 Å². The molecule has 0 fully saturated rings. The standard InChI is InChI=1S/C21H17N3O2/c1-14-12-23-17(13-22-14)21(25)24-20(15-7-3-2-4-8-15)19-11-16-9-5-6-10-18(16)26-19/h2-13,20H,1H3,(H,24,25)/t20-/m1/s1. The maximum absolute atomic E-state index is 12.7. The number of aryl methyl sites for hydroxylation is 1. The predicted octanol–water partition coefficient (Wildman–Crippen LogP) is 4.05. The van der Waals surface area contributed by atoms with Crippen LogP contribution >= 0.6 is 0 Å². The number of benzene rings is 2. The Morgan fingerprint density at radius 3 is 2.50 bits per heavy atom. The lowest BCUT2D eigenvalue weighted by Crippen LogP contribution is -2.29. The number of hydrogen-bond donors (Lipinski definition) is 1. The molecule has 0 bridgehead atoms. The van der Waals surface area contributed by atoms with Gasteiger partial charge in [-0.2, -0.15) is 0 Å². The van der Waals surface area contributed by atoms with Gasteiger partial charge in [0, 0.05) is 11.6 Å². The first-order chi connectivity index (χ1) is 12.7. The monoisotopic (exact) mass is 343 g/mol. The third kappa shape index (κ3) is 3.19. The molecular weight excluding hydrogens is 326 g/mol. The van der Waals surface area contributed by atoms with E-state index in [2.05, 4.69) is 15.3 Å². The molecule has 1 N–H and O–H groups in total. The van der Waals surface area contributed by atoms with Crippen LogP contribution < -0.4 is 5.32 Å². The van der Waals surface area contributed by atoms with Gasteiger partial charge in [0.2, 0.25) is 0 Å². The second kappa shape index (κ2) is 6.80. The van der Waals surface area contributed by atoms with Gasteiger partial charge in [-0.25, -0.2) is 4.98 Å². The van der Waals surface area contributed by atoms with Crippen LogP contribution in [0.5, 0.6) is 0 Å². The quantitative estimate of drug-likeness (QED) is 0.607. The SMILES string of the molecule is Cc1cnc(C(=O)N[C@H](c2ccccc2)c2cc3ccccc3o2)cn1. The Morgan fingerprint density at radius 1 is 1.00 bits per heavy atom. The molecule has 2 aromatic carbocycles. The zero-order valence-electron chi connectivity index (χ0n) is 14.2. The highest BCUT2D eigenvalue weighted by atomic mass is 16.3. The topological polar surface area (TPSA) is 68.0 Å². The lowest BCUT2D eigenvalue weighted by atomic mass is 10.0. The Labute approximate surface area is 150 Å². The number of rotatable bonds is 4. The zero-order valence-corrected chi connectivity index (χ0v) is 14.2. The van der Waals surface area contributed by atoms with Gasteiger partial charge in [-0.15, -0.1) is 0 Å². The summed E-state index contributed by atoms with van der Waals surface area (Å²) in [5.41, 5.74) is 2.75. The van der Waals surface area contributed by atoms with Crippen LogP contribution in [0.25, 0.3) is 11.0 Å². The fourth-order valence-electron chi connectivity index (χ4n) is 2.82. The number of furan rings is 1. The predicted molar refractivity (Wildman–Crippen MR) is 98.7 cm³/mol. The Kier molecular flexibility index (Phi) is 4.19. The number of aromatic nitrogens is 2. The van der Waals surface area contributed by atoms with E-state index in [1.807, 2.05) is 67.6 Å². The highest BCUT2D eigenvalue weighted by molar-refractivity contribution is 5.92. The summed E-state index contributed by atoms with van der Waals surface area (Å²) in [7, 11) is 0. The molecule has 1 amide bonds. The second-order valence-corrected chi connectivity index (χ2v) is 6.05. The lowest BCUT2D eigenvalue weighted by molar-refractivity contribution is 0.0934. The molecule has 0 saturated heterocycles. The summed E-state index contributed by atoms with van der Waals surface area (Å²) in [5.74, 6) is 0.373. The molecule has 2 aromatic heterocycles. The summed E-state index contributed by atoms with van der Waals surface area (Å²) in [5, 5.41) is 4.00. The van der Waals surface area contributed by atoms with E-state index in [4.69, 9.17) is 4.42 Å². The summed E-state index contributed by atoms with van der Waals surface area (Å²) < 4.78 is 5.99. The van der Waals surface area contributed by atoms with Crippen LogP contribution in [0, 0.1) is 6.92 Å². The maximum Gasteiger partial charge on any atom is 0.272 e. The Hall–Kier alpha value is -3.47. The van der Waals surface area contributed by atoms with Gasteiger partial charge >= 0.3 is 0 Å². The summed E-state index contributed by atoms with van der Waals surface area (Å²) in [6.07, 6.45) is 3.05. The summed E-state index contributed by atoms with van der Waals surface area (Å²) in [4.78, 5) is 21.0. The Bertz CT molecular complexity index is 1010. The minimum Gasteiger partial charge on any atom is -0.459 e. The lowest BCUT2D eigenvalue weighted by Gasteiger charge is -2.17. The van der Waals surface area contributed by atoms with Crippen molar-refractivity contribution in [3.63, 3.8) is 0 Å². The minimum absolute atomic E-state index is 0.271. The van der Waals surface area contributed by atoms with Crippen LogP contribution in [0.3, 0.4) is 0 Å². The number of amides is 1. The van der Waals surface area contributed by atoms with Crippen LogP contribution in [0.4, 0.5) is 0 Å². The molecule has 4 rings (SSSR count). The first-order valence-electron chi connectivity index (χ1n) is 8.33. The van der Waals surface area contributed by atoms with Crippen molar-refractivity contribution in [2.24, 2.45) is 0 Å². The van der Waals surface area contributed by atoms with E-state index < -0.39 is 6.04 Å². The largest absolute Gasteiger partial charge is 0.459 e. The average Bonchev–Trinajstić information content (AvgIpc) is 3.11. The molecule has 4 aromatic rings. The number of carbonyl (C=O) groups excluding carboxylic acids is 1. The third-order valence-electron chi connectivity index (χ3n) is 4.15. The molecule has 0 radical (unpaired) electrons. The van der Waals surface area contributed by atoms with Gasteiger partial charge < -0.3 is 9.73 Å². The van der Waals surface area contributed by atoms with Gasteiger partial charge in [0.25, 0.3) is 5.91 Å². The molecule has 0 aliphatic heterocycles. The zero-order chi connectivity index (χ0) is 17.9. The van der Waals surface area contributed by atoms with E-state index in [0.717, 1.165) is 22.2 Å². The summed E-state index contributed by atoms with van der Waals surface area (Å²) in [6, 6.07) is 19.0. The molecule has 0 unspecified atom stereocenters. The fourth-order valence-corrected chi connectivity index (χ4v) is 2.82. The van der Waals surface area contributed by atoms with Crippen molar-refractivity contribution >= 4 is 16.9 Å². The Morgan fingerprint density at radius 2 is 1.77 bits per heavy atom. The molecule has 128 valence electrons. The number of carbonyl (C=O) groups is 1. The van der Waals surface area contributed by atoms with Crippen molar-refractivity contribution in [1.82, 2.24) is 15.3 Å². The van der Waals surface area contributed by atoms with Gasteiger partial charge in [-0.3, -0.25) is 9.78 Å². The first kappa shape index (κ1) is 16.0. The normalized spacial score (nSPS) is 12.0. The second-order valence-electron chi connectivity index (χ2n) is 6.05. The third-order valence-corrected chi connectivity index (χ3v) is 4.15. The number of para-hydroxylation sites is 1. The molecule has 0 aliphatic carbocycles. The van der Waals surface area contributed by atoms with Gasteiger partial charge in [-0.05, 0) is 24.6 Å². The minimum atomic E-state index is -0.417. The highest BCUT2D eigenvalue weighted by Gasteiger charge is 2.22. The molecule has 5 nitrogen and oxygen atoms in total. The van der Waals surface area contributed by atoms with Gasteiger partial charge in [-0.1, -0.05) is 48.5 Å². The van der Waals surface area contributed by atoms with E-state index in [0.29, 0.717) is 5.76 Å². The van der Waals surface area contributed by atoms with Gasteiger partial charge in [0.05, 0.1) is 11.9 Å². The maximum atomic E-state index is 12.7. The van der Waals surface area contributed by atoms with Gasteiger partial charge in [0.15, 0.2) is 0 Å². The van der Waals surface area contributed by atoms with Gasteiger partial charge in [0.1, 0.15) is 23.1 Å². The van der Waals surface area contributed by atoms with Crippen molar-refractivity contribution in [1.29, 1.82) is 0 Å². The van der Waals surface area contributed by atoms with Crippen LogP contribution in [0.2, 0.25) is 0 Å². The Balaban J connectivity index is 1.71. The van der Waals surface area contributed by atoms with Crippen molar-refractivity contribution in [3.8, 4) is 0 Å². The smallest absolute Gasteiger partial charge is 0.272 e. The molecule has 0 saturated carbocycles. The highest BCUT2D eigenvalue weighted by Crippen LogP contribution is 2.28. The van der Waals surface area contributed by atoms with Crippen LogP contribution in [0.1, 0.15) is 33.5 Å². The fraction of sp³-hybridized carbons (Fsp3) is 0.0952.